The number of carbonyl (C=O) groups is 1. The number of hydrogen-bond donors (Lipinski definition) is 0. The highest BCUT2D eigenvalue weighted by atomic mass is 16.2. The normalized spacial score (nSPS) is 20.7. The average Bonchev–Trinajstić information content (AvgIpc) is 3.38. The third-order valence-electron chi connectivity index (χ3n) is 6.73. The Kier molecular flexibility index (Phi) is 5.81. The molecule has 2 fully saturated rings. The first-order chi connectivity index (χ1) is 15.2. The van der Waals surface area contributed by atoms with Gasteiger partial charge in [0.2, 0.25) is 5.91 Å². The van der Waals surface area contributed by atoms with Crippen LogP contribution in [-0.2, 0) is 17.8 Å². The van der Waals surface area contributed by atoms with Crippen molar-refractivity contribution in [2.45, 2.75) is 19.4 Å². The summed E-state index contributed by atoms with van der Waals surface area (Å²) in [5.41, 5.74) is 5.03. The van der Waals surface area contributed by atoms with Crippen LogP contribution in [0, 0.1) is 11.8 Å². The molecule has 3 heterocycles. The molecule has 3 aromatic rings. The van der Waals surface area contributed by atoms with Gasteiger partial charge in [-0.1, -0.05) is 60.7 Å². The van der Waals surface area contributed by atoms with Crippen LogP contribution in [0.3, 0.4) is 0 Å². The second-order valence-corrected chi connectivity index (χ2v) is 8.94. The van der Waals surface area contributed by atoms with Crippen LogP contribution in [0.2, 0.25) is 0 Å². The van der Waals surface area contributed by atoms with E-state index in [1.165, 1.54) is 16.7 Å². The molecule has 0 N–H and O–H groups in total. The predicted molar refractivity (Wildman–Crippen MR) is 123 cm³/mol. The number of fused-ring (bicyclic) bond motifs is 1. The fraction of sp³-hybridized carbons (Fsp3) is 0.333. The van der Waals surface area contributed by atoms with Crippen LogP contribution in [0.5, 0.6) is 0 Å². The van der Waals surface area contributed by atoms with Gasteiger partial charge >= 0.3 is 0 Å². The SMILES string of the molecule is O=C(CCc1cccnc1)N1C[C@H]2CN(Cc3ccc(-c4ccccc4)cc3)C[C@@H]2C1. The number of likely N-dealkylation sites (tertiary alicyclic amines) is 2. The van der Waals surface area contributed by atoms with E-state index in [1.807, 2.05) is 18.3 Å². The molecule has 1 aromatic heterocycles. The summed E-state index contributed by atoms with van der Waals surface area (Å²) < 4.78 is 0. The number of nitrogens with zero attached hydrogens (tertiary/aromatic N) is 3. The van der Waals surface area contributed by atoms with Crippen molar-refractivity contribution in [3.05, 3.63) is 90.3 Å². The van der Waals surface area contributed by atoms with Gasteiger partial charge in [0.05, 0.1) is 0 Å². The molecule has 0 saturated carbocycles. The first kappa shape index (κ1) is 20.0. The van der Waals surface area contributed by atoms with Crippen LogP contribution in [0.1, 0.15) is 17.5 Å². The molecular weight excluding hydrogens is 382 g/mol. The van der Waals surface area contributed by atoms with Gasteiger partial charge in [0.25, 0.3) is 0 Å². The molecule has 2 saturated heterocycles. The van der Waals surface area contributed by atoms with Crippen molar-refractivity contribution in [1.82, 2.24) is 14.8 Å². The molecule has 4 nitrogen and oxygen atoms in total. The number of amides is 1. The Balaban J connectivity index is 1.11. The number of rotatable bonds is 6. The van der Waals surface area contributed by atoms with Gasteiger partial charge in [-0.15, -0.1) is 0 Å². The Morgan fingerprint density at radius 2 is 1.52 bits per heavy atom. The summed E-state index contributed by atoms with van der Waals surface area (Å²) in [6.07, 6.45) is 5.00. The molecule has 2 aliphatic heterocycles. The number of pyridine rings is 1. The van der Waals surface area contributed by atoms with E-state index in [0.717, 1.165) is 44.7 Å². The summed E-state index contributed by atoms with van der Waals surface area (Å²) in [6.45, 7) is 5.02. The molecule has 1 amide bonds. The number of aromatic nitrogens is 1. The lowest BCUT2D eigenvalue weighted by Gasteiger charge is -2.22. The molecule has 2 aliphatic rings. The number of benzene rings is 2. The summed E-state index contributed by atoms with van der Waals surface area (Å²) in [6, 6.07) is 23.5. The van der Waals surface area contributed by atoms with E-state index >= 15 is 0 Å². The summed E-state index contributed by atoms with van der Waals surface area (Å²) in [5.74, 6) is 1.53. The number of hydrogen-bond acceptors (Lipinski definition) is 3. The second kappa shape index (κ2) is 9.03. The topological polar surface area (TPSA) is 36.4 Å². The van der Waals surface area contributed by atoms with Crippen molar-refractivity contribution in [2.24, 2.45) is 11.8 Å². The zero-order valence-corrected chi connectivity index (χ0v) is 17.9. The van der Waals surface area contributed by atoms with E-state index in [1.54, 1.807) is 6.20 Å². The molecule has 0 aliphatic carbocycles. The summed E-state index contributed by atoms with van der Waals surface area (Å²) in [7, 11) is 0. The highest BCUT2D eigenvalue weighted by Crippen LogP contribution is 2.32. The standard InChI is InChI=1S/C27H29N3O/c31-27(13-10-21-5-4-14-28-15-21)30-19-25-17-29(18-26(25)20-30)16-22-8-11-24(12-9-22)23-6-2-1-3-7-23/h1-9,11-12,14-15,25-26H,10,13,16-20H2/t25-,26-/m1/s1. The molecule has 0 bridgehead atoms. The zero-order valence-electron chi connectivity index (χ0n) is 17.9. The van der Waals surface area contributed by atoms with E-state index < -0.39 is 0 Å². The van der Waals surface area contributed by atoms with Gasteiger partial charge in [-0.05, 0) is 46.6 Å². The van der Waals surface area contributed by atoms with Crippen molar-refractivity contribution in [3.8, 4) is 11.1 Å². The zero-order chi connectivity index (χ0) is 21.0. The minimum absolute atomic E-state index is 0.293. The minimum atomic E-state index is 0.293. The van der Waals surface area contributed by atoms with Gasteiger partial charge in [0, 0.05) is 51.5 Å². The Morgan fingerprint density at radius 3 is 2.19 bits per heavy atom. The molecule has 0 spiro atoms. The first-order valence-electron chi connectivity index (χ1n) is 11.3. The fourth-order valence-corrected chi connectivity index (χ4v) is 5.07. The highest BCUT2D eigenvalue weighted by Gasteiger charge is 2.41. The number of aryl methyl sites for hydroxylation is 1. The summed E-state index contributed by atoms with van der Waals surface area (Å²) >= 11 is 0. The van der Waals surface area contributed by atoms with E-state index in [9.17, 15) is 4.79 Å². The van der Waals surface area contributed by atoms with Gasteiger partial charge in [0.15, 0.2) is 0 Å². The van der Waals surface area contributed by atoms with Gasteiger partial charge in [0.1, 0.15) is 0 Å². The van der Waals surface area contributed by atoms with Crippen molar-refractivity contribution < 1.29 is 4.79 Å². The van der Waals surface area contributed by atoms with Gasteiger partial charge in [-0.2, -0.15) is 0 Å². The maximum Gasteiger partial charge on any atom is 0.222 e. The van der Waals surface area contributed by atoms with Crippen LogP contribution in [-0.4, -0.2) is 46.9 Å². The van der Waals surface area contributed by atoms with Gasteiger partial charge in [-0.25, -0.2) is 0 Å². The first-order valence-corrected chi connectivity index (χ1v) is 11.3. The third-order valence-corrected chi connectivity index (χ3v) is 6.73. The molecule has 5 rings (SSSR count). The fourth-order valence-electron chi connectivity index (χ4n) is 5.07. The van der Waals surface area contributed by atoms with Crippen molar-refractivity contribution in [1.29, 1.82) is 0 Å². The van der Waals surface area contributed by atoms with Crippen LogP contribution >= 0.6 is 0 Å². The highest BCUT2D eigenvalue weighted by molar-refractivity contribution is 5.76. The molecule has 2 aromatic carbocycles. The maximum absolute atomic E-state index is 12.7. The lowest BCUT2D eigenvalue weighted by Crippen LogP contribution is -2.33. The van der Waals surface area contributed by atoms with E-state index in [4.69, 9.17) is 0 Å². The summed E-state index contributed by atoms with van der Waals surface area (Å²) in [5, 5.41) is 0. The lowest BCUT2D eigenvalue weighted by molar-refractivity contribution is -0.130. The Bertz CT molecular complexity index is 990. The van der Waals surface area contributed by atoms with Crippen LogP contribution in [0.25, 0.3) is 11.1 Å². The van der Waals surface area contributed by atoms with Crippen LogP contribution in [0.4, 0.5) is 0 Å². The maximum atomic E-state index is 12.7. The Hall–Kier alpha value is -2.98. The lowest BCUT2D eigenvalue weighted by atomic mass is 10.0. The molecule has 4 heteroatoms. The van der Waals surface area contributed by atoms with Gasteiger partial charge < -0.3 is 4.90 Å². The number of carbonyl (C=O) groups excluding carboxylic acids is 1. The summed E-state index contributed by atoms with van der Waals surface area (Å²) in [4.78, 5) is 21.5. The molecule has 158 valence electrons. The largest absolute Gasteiger partial charge is 0.342 e. The molecule has 2 atom stereocenters. The van der Waals surface area contributed by atoms with E-state index in [0.29, 0.717) is 24.2 Å². The van der Waals surface area contributed by atoms with Crippen molar-refractivity contribution >= 4 is 5.91 Å². The monoisotopic (exact) mass is 411 g/mol. The second-order valence-electron chi connectivity index (χ2n) is 8.94. The molecule has 0 unspecified atom stereocenters. The average molecular weight is 412 g/mol. The minimum Gasteiger partial charge on any atom is -0.342 e. The smallest absolute Gasteiger partial charge is 0.222 e. The Morgan fingerprint density at radius 1 is 0.806 bits per heavy atom. The molecular formula is C27H29N3O. The van der Waals surface area contributed by atoms with Crippen molar-refractivity contribution in [3.63, 3.8) is 0 Å². The predicted octanol–water partition coefficient (Wildman–Crippen LogP) is 4.27. The quantitative estimate of drug-likeness (QED) is 0.608. The van der Waals surface area contributed by atoms with Crippen LogP contribution in [0.15, 0.2) is 79.1 Å². The third kappa shape index (κ3) is 4.70. The molecule has 31 heavy (non-hydrogen) atoms. The van der Waals surface area contributed by atoms with Gasteiger partial charge in [-0.3, -0.25) is 14.7 Å². The van der Waals surface area contributed by atoms with Crippen molar-refractivity contribution in [2.75, 3.05) is 26.2 Å². The van der Waals surface area contributed by atoms with E-state index in [2.05, 4.69) is 69.4 Å². The Labute approximate surface area is 184 Å². The van der Waals surface area contributed by atoms with Crippen LogP contribution < -0.4 is 0 Å². The van der Waals surface area contributed by atoms with E-state index in [-0.39, 0.29) is 0 Å². The molecule has 0 radical (unpaired) electrons.